The van der Waals surface area contributed by atoms with E-state index in [9.17, 15) is 4.79 Å². The highest BCUT2D eigenvalue weighted by molar-refractivity contribution is 5.89. The topological polar surface area (TPSA) is 68.0 Å². The van der Waals surface area contributed by atoms with Crippen LogP contribution in [0, 0.1) is 0 Å². The first-order chi connectivity index (χ1) is 13.3. The van der Waals surface area contributed by atoms with Crippen LogP contribution in [-0.2, 0) is 6.54 Å². The van der Waals surface area contributed by atoms with Gasteiger partial charge >= 0.3 is 6.03 Å². The molecule has 7 heteroatoms. The Hall–Kier alpha value is -3.09. The number of aromatic nitrogens is 4. The van der Waals surface area contributed by atoms with E-state index in [1.807, 2.05) is 58.2 Å². The van der Waals surface area contributed by atoms with E-state index < -0.39 is 0 Å². The fourth-order valence-corrected chi connectivity index (χ4v) is 3.64. The Morgan fingerprint density at radius 2 is 1.96 bits per heavy atom. The third-order valence-electron chi connectivity index (χ3n) is 5.02. The number of urea groups is 1. The van der Waals surface area contributed by atoms with Crippen LogP contribution in [0.25, 0.3) is 5.69 Å². The third kappa shape index (κ3) is 4.02. The Balaban J connectivity index is 1.44. The van der Waals surface area contributed by atoms with Gasteiger partial charge < -0.3 is 4.90 Å². The number of para-hydroxylation sites is 1. The van der Waals surface area contributed by atoms with Gasteiger partial charge in [-0.1, -0.05) is 18.2 Å². The van der Waals surface area contributed by atoms with Crippen molar-refractivity contribution >= 4 is 11.8 Å². The van der Waals surface area contributed by atoms with Crippen molar-refractivity contribution in [1.29, 1.82) is 0 Å². The Bertz CT molecular complexity index is 858. The molecule has 1 atom stereocenters. The first kappa shape index (κ1) is 17.3. The molecule has 27 heavy (non-hydrogen) atoms. The monoisotopic (exact) mass is 364 g/mol. The maximum atomic E-state index is 13.0. The number of hydrogen-bond donors (Lipinski definition) is 1. The molecule has 4 rings (SSSR count). The summed E-state index contributed by atoms with van der Waals surface area (Å²) in [7, 11) is 0. The van der Waals surface area contributed by atoms with Crippen molar-refractivity contribution in [1.82, 2.24) is 24.5 Å². The number of nitrogens with one attached hydrogen (secondary N) is 1. The lowest BCUT2D eigenvalue weighted by atomic mass is 10.00. The van der Waals surface area contributed by atoms with Crippen LogP contribution in [0.5, 0.6) is 0 Å². The number of carbonyl (C=O) groups excluding carboxylic acids is 1. The predicted octanol–water partition coefficient (Wildman–Crippen LogP) is 3.55. The number of amides is 2. The highest BCUT2D eigenvalue weighted by Gasteiger charge is 2.27. The Morgan fingerprint density at radius 3 is 2.78 bits per heavy atom. The van der Waals surface area contributed by atoms with Gasteiger partial charge in [0.2, 0.25) is 0 Å². The average molecular weight is 364 g/mol. The second-order valence-corrected chi connectivity index (χ2v) is 6.79. The Morgan fingerprint density at radius 1 is 1.07 bits per heavy atom. The van der Waals surface area contributed by atoms with Gasteiger partial charge in [-0.15, -0.1) is 0 Å². The molecule has 0 unspecified atom stereocenters. The van der Waals surface area contributed by atoms with E-state index >= 15 is 0 Å². The molecule has 0 aliphatic carbocycles. The molecule has 0 saturated carbocycles. The van der Waals surface area contributed by atoms with E-state index in [1.54, 1.807) is 17.1 Å². The third-order valence-corrected chi connectivity index (χ3v) is 5.02. The largest absolute Gasteiger partial charge is 0.323 e. The van der Waals surface area contributed by atoms with Crippen LogP contribution in [0.2, 0.25) is 0 Å². The van der Waals surface area contributed by atoms with Gasteiger partial charge in [0.05, 0.1) is 11.9 Å². The zero-order chi connectivity index (χ0) is 18.5. The fraction of sp³-hybridized carbons (Fsp3) is 0.350. The van der Waals surface area contributed by atoms with E-state index in [-0.39, 0.29) is 12.1 Å². The van der Waals surface area contributed by atoms with E-state index in [0.717, 1.165) is 44.5 Å². The van der Waals surface area contributed by atoms with Crippen LogP contribution in [0.4, 0.5) is 10.6 Å². The summed E-state index contributed by atoms with van der Waals surface area (Å²) in [5, 5.41) is 11.7. The lowest BCUT2D eigenvalue weighted by Crippen LogP contribution is -2.46. The lowest BCUT2D eigenvalue weighted by molar-refractivity contribution is 0.154. The maximum Gasteiger partial charge on any atom is 0.323 e. The molecule has 0 spiro atoms. The molecule has 140 valence electrons. The molecular weight excluding hydrogens is 340 g/mol. The van der Waals surface area contributed by atoms with Crippen LogP contribution in [0.1, 0.15) is 25.7 Å². The summed E-state index contributed by atoms with van der Waals surface area (Å²) >= 11 is 0. The summed E-state index contributed by atoms with van der Waals surface area (Å²) in [5.41, 5.74) is 0.923. The van der Waals surface area contributed by atoms with Crippen molar-refractivity contribution < 1.29 is 4.79 Å². The minimum atomic E-state index is -0.0575. The maximum absolute atomic E-state index is 13.0. The number of anilines is 1. The Labute approximate surface area is 158 Å². The molecule has 1 fully saturated rings. The second kappa shape index (κ2) is 8.07. The van der Waals surface area contributed by atoms with Gasteiger partial charge in [0, 0.05) is 37.6 Å². The van der Waals surface area contributed by atoms with E-state index in [4.69, 9.17) is 0 Å². The molecule has 0 bridgehead atoms. The number of hydrogen-bond acceptors (Lipinski definition) is 3. The quantitative estimate of drug-likeness (QED) is 0.753. The molecule has 2 aromatic heterocycles. The van der Waals surface area contributed by atoms with Crippen molar-refractivity contribution in [2.45, 2.75) is 38.3 Å². The van der Waals surface area contributed by atoms with E-state index in [1.165, 1.54) is 0 Å². The van der Waals surface area contributed by atoms with Crippen molar-refractivity contribution in [2.24, 2.45) is 0 Å². The van der Waals surface area contributed by atoms with Crippen LogP contribution in [0.15, 0.2) is 61.1 Å². The smallest absolute Gasteiger partial charge is 0.321 e. The first-order valence-electron chi connectivity index (χ1n) is 9.46. The van der Waals surface area contributed by atoms with Gasteiger partial charge in [-0.05, 0) is 43.9 Å². The van der Waals surface area contributed by atoms with Gasteiger partial charge in [-0.25, -0.2) is 9.48 Å². The Kier molecular flexibility index (Phi) is 5.18. The van der Waals surface area contributed by atoms with Crippen molar-refractivity contribution in [3.63, 3.8) is 0 Å². The summed E-state index contributed by atoms with van der Waals surface area (Å²) in [6.45, 7) is 1.61. The van der Waals surface area contributed by atoms with Gasteiger partial charge in [0.25, 0.3) is 0 Å². The van der Waals surface area contributed by atoms with Crippen LogP contribution < -0.4 is 5.32 Å². The molecular formula is C20H24N6O. The predicted molar refractivity (Wildman–Crippen MR) is 104 cm³/mol. The molecule has 1 aromatic carbocycles. The number of rotatable bonds is 5. The zero-order valence-corrected chi connectivity index (χ0v) is 15.2. The van der Waals surface area contributed by atoms with Gasteiger partial charge in [0.15, 0.2) is 0 Å². The van der Waals surface area contributed by atoms with E-state index in [2.05, 4.69) is 15.5 Å². The molecule has 1 aliphatic heterocycles. The number of aryl methyl sites for hydroxylation is 1. The SMILES string of the molecule is O=C(Nc1ccnn1-c1ccccc1)N1CCCC[C@@H]1CCn1cccn1. The summed E-state index contributed by atoms with van der Waals surface area (Å²) in [6, 6.07) is 13.7. The molecule has 2 amide bonds. The fourth-order valence-electron chi connectivity index (χ4n) is 3.64. The first-order valence-corrected chi connectivity index (χ1v) is 9.46. The second-order valence-electron chi connectivity index (χ2n) is 6.79. The normalized spacial score (nSPS) is 17.0. The van der Waals surface area contributed by atoms with Crippen LogP contribution >= 0.6 is 0 Å². The molecule has 3 heterocycles. The molecule has 3 aromatic rings. The summed E-state index contributed by atoms with van der Waals surface area (Å²) in [5.74, 6) is 0.683. The summed E-state index contributed by atoms with van der Waals surface area (Å²) < 4.78 is 3.68. The molecule has 1 saturated heterocycles. The highest BCUT2D eigenvalue weighted by atomic mass is 16.2. The van der Waals surface area contributed by atoms with Crippen LogP contribution in [0.3, 0.4) is 0 Å². The van der Waals surface area contributed by atoms with E-state index in [0.29, 0.717) is 5.82 Å². The van der Waals surface area contributed by atoms with Crippen molar-refractivity contribution in [3.8, 4) is 5.69 Å². The molecule has 1 N–H and O–H groups in total. The number of likely N-dealkylation sites (tertiary alicyclic amines) is 1. The summed E-state index contributed by atoms with van der Waals surface area (Å²) in [4.78, 5) is 14.9. The zero-order valence-electron chi connectivity index (χ0n) is 15.2. The average Bonchev–Trinajstić information content (AvgIpc) is 3.39. The van der Waals surface area contributed by atoms with Crippen molar-refractivity contribution in [2.75, 3.05) is 11.9 Å². The highest BCUT2D eigenvalue weighted by Crippen LogP contribution is 2.22. The minimum Gasteiger partial charge on any atom is -0.321 e. The van der Waals surface area contributed by atoms with Gasteiger partial charge in [0.1, 0.15) is 5.82 Å². The lowest BCUT2D eigenvalue weighted by Gasteiger charge is -2.35. The summed E-state index contributed by atoms with van der Waals surface area (Å²) in [6.07, 6.45) is 9.61. The number of benzene rings is 1. The number of piperidine rings is 1. The van der Waals surface area contributed by atoms with Gasteiger partial charge in [-0.3, -0.25) is 10.00 Å². The number of carbonyl (C=O) groups is 1. The molecule has 7 nitrogen and oxygen atoms in total. The molecule has 0 radical (unpaired) electrons. The standard InChI is InChI=1S/C20H24N6O/c27-20(23-19-10-13-22-26(19)18-8-2-1-3-9-18)25-15-5-4-7-17(25)11-16-24-14-6-12-21-24/h1-3,6,8-10,12-14,17H,4-5,7,11,15-16H2,(H,23,27)/t17-/m1/s1. The van der Waals surface area contributed by atoms with Crippen LogP contribution in [-0.4, -0.2) is 43.1 Å². The van der Waals surface area contributed by atoms with Gasteiger partial charge in [-0.2, -0.15) is 10.2 Å². The van der Waals surface area contributed by atoms with Crippen molar-refractivity contribution in [3.05, 3.63) is 61.1 Å². The molecule has 1 aliphatic rings. The number of nitrogens with zero attached hydrogens (tertiary/aromatic N) is 5. The minimum absolute atomic E-state index is 0.0575.